The predicted molar refractivity (Wildman–Crippen MR) is 86.2 cm³/mol. The molecule has 1 aromatic carbocycles. The minimum atomic E-state index is -0.661. The van der Waals surface area contributed by atoms with Crippen LogP contribution in [0.1, 0.15) is 54.1 Å². The van der Waals surface area contributed by atoms with Gasteiger partial charge in [-0.1, -0.05) is 43.5 Å². The average Bonchev–Trinajstić information content (AvgIpc) is 2.56. The number of anilines is 1. The SMILES string of the molecule is NC(=O)c1nc(-c2ccc(C3CCCCC3)cc2)cnc1N. The third-order valence-corrected chi connectivity index (χ3v) is 4.32. The Balaban J connectivity index is 1.86. The molecule has 5 heteroatoms. The van der Waals surface area contributed by atoms with E-state index in [-0.39, 0.29) is 11.5 Å². The number of benzene rings is 1. The number of carbonyl (C=O) groups excluding carboxylic acids is 1. The molecule has 0 atom stereocenters. The summed E-state index contributed by atoms with van der Waals surface area (Å²) in [5.41, 5.74) is 13.8. The highest BCUT2D eigenvalue weighted by atomic mass is 16.1. The Morgan fingerprint density at radius 2 is 1.77 bits per heavy atom. The summed E-state index contributed by atoms with van der Waals surface area (Å²) < 4.78 is 0. The number of hydrogen-bond donors (Lipinski definition) is 2. The Hall–Kier alpha value is -2.43. The van der Waals surface area contributed by atoms with E-state index in [1.165, 1.54) is 37.7 Å². The average molecular weight is 296 g/mol. The smallest absolute Gasteiger partial charge is 0.271 e. The van der Waals surface area contributed by atoms with Crippen LogP contribution in [0.3, 0.4) is 0 Å². The zero-order chi connectivity index (χ0) is 15.5. The van der Waals surface area contributed by atoms with Gasteiger partial charge in [0.2, 0.25) is 0 Å². The van der Waals surface area contributed by atoms with Crippen molar-refractivity contribution in [1.29, 1.82) is 0 Å². The fraction of sp³-hybridized carbons (Fsp3) is 0.353. The molecule has 1 amide bonds. The molecule has 1 heterocycles. The summed E-state index contributed by atoms with van der Waals surface area (Å²) in [5, 5.41) is 0. The molecule has 1 aliphatic rings. The van der Waals surface area contributed by atoms with Crippen LogP contribution in [-0.2, 0) is 0 Å². The van der Waals surface area contributed by atoms with Gasteiger partial charge in [-0.3, -0.25) is 4.79 Å². The largest absolute Gasteiger partial charge is 0.382 e. The molecule has 0 radical (unpaired) electrons. The van der Waals surface area contributed by atoms with Crippen LogP contribution in [0.15, 0.2) is 30.5 Å². The number of hydrogen-bond acceptors (Lipinski definition) is 4. The van der Waals surface area contributed by atoms with E-state index in [9.17, 15) is 4.79 Å². The number of primary amides is 1. The number of carbonyl (C=O) groups is 1. The maximum atomic E-state index is 11.3. The van der Waals surface area contributed by atoms with Crippen molar-refractivity contribution in [2.45, 2.75) is 38.0 Å². The van der Waals surface area contributed by atoms with Gasteiger partial charge in [-0.2, -0.15) is 0 Å². The van der Waals surface area contributed by atoms with Gasteiger partial charge in [0.15, 0.2) is 11.5 Å². The van der Waals surface area contributed by atoms with Gasteiger partial charge in [-0.15, -0.1) is 0 Å². The van der Waals surface area contributed by atoms with E-state index in [1.807, 2.05) is 12.1 Å². The topological polar surface area (TPSA) is 94.9 Å². The second-order valence-corrected chi connectivity index (χ2v) is 5.81. The third-order valence-electron chi connectivity index (χ3n) is 4.32. The molecular formula is C17H20N4O. The number of aromatic nitrogens is 2. The fourth-order valence-electron chi connectivity index (χ4n) is 3.08. The summed E-state index contributed by atoms with van der Waals surface area (Å²) >= 11 is 0. The first kappa shape index (κ1) is 14.5. The summed E-state index contributed by atoms with van der Waals surface area (Å²) in [5.74, 6) is 0.0715. The molecule has 0 bridgehead atoms. The molecule has 0 unspecified atom stereocenters. The molecule has 1 saturated carbocycles. The Kier molecular flexibility index (Phi) is 4.04. The number of nitrogens with zero attached hydrogens (tertiary/aromatic N) is 2. The van der Waals surface area contributed by atoms with Gasteiger partial charge >= 0.3 is 0 Å². The highest BCUT2D eigenvalue weighted by molar-refractivity contribution is 5.95. The van der Waals surface area contributed by atoms with Crippen molar-refractivity contribution < 1.29 is 4.79 Å². The van der Waals surface area contributed by atoms with E-state index in [2.05, 4.69) is 22.1 Å². The van der Waals surface area contributed by atoms with Gasteiger partial charge in [-0.25, -0.2) is 9.97 Å². The molecular weight excluding hydrogens is 276 g/mol. The lowest BCUT2D eigenvalue weighted by atomic mass is 9.84. The summed E-state index contributed by atoms with van der Waals surface area (Å²) in [6.45, 7) is 0. The molecule has 5 nitrogen and oxygen atoms in total. The van der Waals surface area contributed by atoms with Crippen molar-refractivity contribution in [3.8, 4) is 11.3 Å². The Morgan fingerprint density at radius 1 is 1.09 bits per heavy atom. The molecule has 1 aliphatic carbocycles. The maximum Gasteiger partial charge on any atom is 0.271 e. The van der Waals surface area contributed by atoms with Crippen molar-refractivity contribution in [1.82, 2.24) is 9.97 Å². The normalized spacial score (nSPS) is 15.6. The highest BCUT2D eigenvalue weighted by Crippen LogP contribution is 2.33. The van der Waals surface area contributed by atoms with Crippen molar-refractivity contribution in [3.05, 3.63) is 41.7 Å². The molecule has 1 aromatic heterocycles. The summed E-state index contributed by atoms with van der Waals surface area (Å²) in [4.78, 5) is 19.5. The van der Waals surface area contributed by atoms with Crippen LogP contribution in [0.4, 0.5) is 5.82 Å². The molecule has 0 aliphatic heterocycles. The van der Waals surface area contributed by atoms with Gasteiger partial charge in [-0.05, 0) is 24.3 Å². The second-order valence-electron chi connectivity index (χ2n) is 5.81. The van der Waals surface area contributed by atoms with Gasteiger partial charge in [0, 0.05) is 5.56 Å². The molecule has 0 spiro atoms. The minimum absolute atomic E-state index is 0.0221. The maximum absolute atomic E-state index is 11.3. The summed E-state index contributed by atoms with van der Waals surface area (Å²) in [7, 11) is 0. The van der Waals surface area contributed by atoms with Gasteiger partial charge in [0.05, 0.1) is 11.9 Å². The van der Waals surface area contributed by atoms with Crippen molar-refractivity contribution in [2.24, 2.45) is 5.73 Å². The molecule has 3 rings (SSSR count). The monoisotopic (exact) mass is 296 g/mol. The van der Waals surface area contributed by atoms with E-state index >= 15 is 0 Å². The number of rotatable bonds is 3. The molecule has 114 valence electrons. The van der Waals surface area contributed by atoms with Gasteiger partial charge in [0.1, 0.15) is 0 Å². The van der Waals surface area contributed by atoms with E-state index in [0.29, 0.717) is 11.6 Å². The Bertz CT molecular complexity index is 676. The highest BCUT2D eigenvalue weighted by Gasteiger charge is 2.16. The molecule has 4 N–H and O–H groups in total. The van der Waals surface area contributed by atoms with Crippen LogP contribution in [0.5, 0.6) is 0 Å². The Labute approximate surface area is 129 Å². The van der Waals surface area contributed by atoms with E-state index in [1.54, 1.807) is 6.20 Å². The summed E-state index contributed by atoms with van der Waals surface area (Å²) in [6, 6.07) is 8.34. The van der Waals surface area contributed by atoms with E-state index in [0.717, 1.165) is 5.56 Å². The Morgan fingerprint density at radius 3 is 2.41 bits per heavy atom. The van der Waals surface area contributed by atoms with Crippen LogP contribution in [0, 0.1) is 0 Å². The zero-order valence-electron chi connectivity index (χ0n) is 12.5. The molecule has 1 fully saturated rings. The number of amides is 1. The van der Waals surface area contributed by atoms with Crippen LogP contribution < -0.4 is 11.5 Å². The van der Waals surface area contributed by atoms with Crippen molar-refractivity contribution in [2.75, 3.05) is 5.73 Å². The van der Waals surface area contributed by atoms with Crippen LogP contribution in [0.25, 0.3) is 11.3 Å². The fourth-order valence-corrected chi connectivity index (χ4v) is 3.08. The molecule has 2 aromatic rings. The summed E-state index contributed by atoms with van der Waals surface area (Å²) in [6.07, 6.45) is 8.10. The van der Waals surface area contributed by atoms with Crippen LogP contribution in [0.2, 0.25) is 0 Å². The second kappa shape index (κ2) is 6.13. The third kappa shape index (κ3) is 2.93. The van der Waals surface area contributed by atoms with Crippen LogP contribution in [-0.4, -0.2) is 15.9 Å². The number of nitrogen functional groups attached to an aromatic ring is 1. The predicted octanol–water partition coefficient (Wildman–Crippen LogP) is 2.87. The van der Waals surface area contributed by atoms with Gasteiger partial charge in [0.25, 0.3) is 5.91 Å². The van der Waals surface area contributed by atoms with Crippen molar-refractivity contribution >= 4 is 11.7 Å². The number of nitrogens with two attached hydrogens (primary N) is 2. The van der Waals surface area contributed by atoms with Crippen LogP contribution >= 0.6 is 0 Å². The van der Waals surface area contributed by atoms with Gasteiger partial charge < -0.3 is 11.5 Å². The minimum Gasteiger partial charge on any atom is -0.382 e. The zero-order valence-corrected chi connectivity index (χ0v) is 12.5. The molecule has 0 saturated heterocycles. The first-order chi connectivity index (χ1) is 10.6. The standard InChI is InChI=1S/C17H20N4O/c18-16-15(17(19)22)21-14(10-20-16)13-8-6-12(7-9-13)11-4-2-1-3-5-11/h6-11H,1-5H2,(H2,18,20)(H2,19,22). The lowest BCUT2D eigenvalue weighted by Crippen LogP contribution is -2.17. The van der Waals surface area contributed by atoms with E-state index < -0.39 is 5.91 Å². The quantitative estimate of drug-likeness (QED) is 0.910. The lowest BCUT2D eigenvalue weighted by molar-refractivity contribution is 0.0996. The van der Waals surface area contributed by atoms with E-state index in [4.69, 9.17) is 11.5 Å². The lowest BCUT2D eigenvalue weighted by Gasteiger charge is -2.22. The molecule has 22 heavy (non-hydrogen) atoms. The first-order valence-electron chi connectivity index (χ1n) is 7.68. The van der Waals surface area contributed by atoms with Crippen molar-refractivity contribution in [3.63, 3.8) is 0 Å². The first-order valence-corrected chi connectivity index (χ1v) is 7.68.